The van der Waals surface area contributed by atoms with Gasteiger partial charge in [0.2, 0.25) is 0 Å². The Morgan fingerprint density at radius 1 is 1.05 bits per heavy atom. The fourth-order valence-corrected chi connectivity index (χ4v) is 4.63. The Balaban J connectivity index is 1.30. The maximum absolute atomic E-state index is 12.8. The summed E-state index contributed by atoms with van der Waals surface area (Å²) in [7, 11) is 0. The van der Waals surface area contributed by atoms with E-state index in [9.17, 15) is 14.4 Å². The largest absolute Gasteiger partial charge is 0.373 e. The van der Waals surface area contributed by atoms with Crippen molar-refractivity contribution in [3.05, 3.63) is 82.4 Å². The number of aromatic nitrogens is 2. The molecule has 9 nitrogen and oxygen atoms in total. The lowest BCUT2D eigenvalue weighted by molar-refractivity contribution is -0.0672. The molecule has 37 heavy (non-hydrogen) atoms. The molecular formula is C27H30ClN5O4. The van der Waals surface area contributed by atoms with Crippen LogP contribution in [0.2, 0.25) is 5.02 Å². The predicted molar refractivity (Wildman–Crippen MR) is 141 cm³/mol. The van der Waals surface area contributed by atoms with Crippen molar-refractivity contribution >= 4 is 34.9 Å². The van der Waals surface area contributed by atoms with Crippen molar-refractivity contribution in [2.45, 2.75) is 32.5 Å². The van der Waals surface area contributed by atoms with Crippen molar-refractivity contribution in [1.29, 1.82) is 0 Å². The molecule has 1 aromatic heterocycles. The number of imidazole rings is 1. The van der Waals surface area contributed by atoms with Gasteiger partial charge in [-0.25, -0.2) is 4.98 Å². The van der Waals surface area contributed by atoms with Crippen LogP contribution in [0.15, 0.2) is 54.9 Å². The average molecular weight is 524 g/mol. The summed E-state index contributed by atoms with van der Waals surface area (Å²) in [6, 6.07) is 13.8. The molecule has 4 rings (SSSR count). The number of ether oxygens (including phenoxy) is 1. The molecule has 0 spiro atoms. The van der Waals surface area contributed by atoms with Gasteiger partial charge in [-0.2, -0.15) is 0 Å². The molecule has 2 amide bonds. The molecule has 0 radical (unpaired) electrons. The molecule has 1 fully saturated rings. The Morgan fingerprint density at radius 3 is 2.46 bits per heavy atom. The third-order valence-corrected chi connectivity index (χ3v) is 6.37. The maximum Gasteiger partial charge on any atom is 0.276 e. The second kappa shape index (κ2) is 12.1. The molecular weight excluding hydrogens is 494 g/mol. The lowest BCUT2D eigenvalue weighted by Gasteiger charge is -2.35. The van der Waals surface area contributed by atoms with Crippen LogP contribution in [0.5, 0.6) is 0 Å². The van der Waals surface area contributed by atoms with E-state index in [0.717, 1.165) is 18.7 Å². The predicted octanol–water partition coefficient (Wildman–Crippen LogP) is 3.58. The van der Waals surface area contributed by atoms with Gasteiger partial charge in [-0.05, 0) is 43.7 Å². The first-order valence-electron chi connectivity index (χ1n) is 12.2. The number of ketones is 1. The van der Waals surface area contributed by atoms with Gasteiger partial charge in [-0.15, -0.1) is 0 Å². The normalized spacial score (nSPS) is 17.8. The van der Waals surface area contributed by atoms with Crippen molar-refractivity contribution in [2.24, 2.45) is 0 Å². The summed E-state index contributed by atoms with van der Waals surface area (Å²) < 4.78 is 5.73. The molecule has 3 N–H and O–H groups in total. The number of rotatable bonds is 9. The van der Waals surface area contributed by atoms with Crippen LogP contribution in [-0.2, 0) is 11.2 Å². The highest BCUT2D eigenvalue weighted by Gasteiger charge is 2.23. The summed E-state index contributed by atoms with van der Waals surface area (Å²) in [6.45, 7) is 6.81. The first-order chi connectivity index (χ1) is 17.8. The molecule has 1 aliphatic rings. The van der Waals surface area contributed by atoms with Crippen LogP contribution in [0.25, 0.3) is 0 Å². The van der Waals surface area contributed by atoms with Crippen molar-refractivity contribution in [3.63, 3.8) is 0 Å². The number of hydrogen-bond donors (Lipinski definition) is 3. The zero-order chi connectivity index (χ0) is 26.4. The summed E-state index contributed by atoms with van der Waals surface area (Å²) in [5.74, 6) is -1.00. The van der Waals surface area contributed by atoms with Gasteiger partial charge >= 0.3 is 0 Å². The first-order valence-corrected chi connectivity index (χ1v) is 12.6. The Morgan fingerprint density at radius 2 is 1.76 bits per heavy atom. The molecule has 2 unspecified atom stereocenters. The number of carbonyl (C=O) groups is 3. The van der Waals surface area contributed by atoms with E-state index in [-0.39, 0.29) is 35.8 Å². The van der Waals surface area contributed by atoms with E-state index in [1.54, 1.807) is 48.5 Å². The number of halogens is 1. The molecule has 3 aromatic rings. The van der Waals surface area contributed by atoms with Gasteiger partial charge in [0, 0.05) is 43.9 Å². The molecule has 1 saturated heterocycles. The summed E-state index contributed by atoms with van der Waals surface area (Å²) >= 11 is 6.11. The quantitative estimate of drug-likeness (QED) is 0.369. The van der Waals surface area contributed by atoms with E-state index in [1.807, 2.05) is 13.8 Å². The number of Topliss-reactive ketones (excluding diaryl/α,β-unsaturated/α-hetero) is 1. The van der Waals surface area contributed by atoms with Crippen LogP contribution < -0.4 is 10.6 Å². The summed E-state index contributed by atoms with van der Waals surface area (Å²) in [6.07, 6.45) is 1.81. The van der Waals surface area contributed by atoms with Crippen molar-refractivity contribution < 1.29 is 19.1 Å². The van der Waals surface area contributed by atoms with E-state index in [2.05, 4.69) is 25.5 Å². The molecule has 2 atom stereocenters. The van der Waals surface area contributed by atoms with E-state index in [1.165, 1.54) is 6.33 Å². The fraction of sp³-hybridized carbons (Fsp3) is 0.333. The Bertz CT molecular complexity index is 1250. The molecule has 0 bridgehead atoms. The fourth-order valence-electron chi connectivity index (χ4n) is 4.39. The zero-order valence-corrected chi connectivity index (χ0v) is 21.5. The number of hydrogen-bond acceptors (Lipinski definition) is 6. The molecule has 10 heteroatoms. The van der Waals surface area contributed by atoms with Crippen LogP contribution >= 0.6 is 11.6 Å². The number of benzene rings is 2. The SMILES string of the molecule is CC1CN(CCNC(=O)c2[nH]cnc2C(=O)Nc2ccc(CC(=O)c3ccccc3Cl)cc2)CC(C)O1. The molecule has 2 aromatic carbocycles. The van der Waals surface area contributed by atoms with Gasteiger partial charge in [-0.1, -0.05) is 35.9 Å². The first kappa shape index (κ1) is 26.5. The smallest absolute Gasteiger partial charge is 0.276 e. The van der Waals surface area contributed by atoms with Gasteiger partial charge in [-0.3, -0.25) is 19.3 Å². The minimum absolute atomic E-state index is 0.00379. The summed E-state index contributed by atoms with van der Waals surface area (Å²) in [5.41, 5.74) is 1.88. The van der Waals surface area contributed by atoms with Crippen LogP contribution in [0.3, 0.4) is 0 Å². The standard InChI is InChI=1S/C27H30ClN5O4/c1-17-14-33(15-18(2)37-17)12-11-29-26(35)24-25(31-16-30-24)27(36)32-20-9-7-19(8-10-20)13-23(34)21-5-3-4-6-22(21)28/h3-10,16-18H,11-15H2,1-2H3,(H,29,35)(H,30,31)(H,32,36). The third-order valence-electron chi connectivity index (χ3n) is 6.04. The van der Waals surface area contributed by atoms with Crippen LogP contribution in [0.1, 0.15) is 50.7 Å². The molecule has 0 saturated carbocycles. The van der Waals surface area contributed by atoms with Crippen molar-refractivity contribution in [2.75, 3.05) is 31.5 Å². The number of H-pyrrole nitrogens is 1. The third kappa shape index (κ3) is 7.03. The molecule has 0 aliphatic carbocycles. The Labute approximate surface area is 220 Å². The number of nitrogens with one attached hydrogen (secondary N) is 3. The lowest BCUT2D eigenvalue weighted by Crippen LogP contribution is -2.47. The molecule has 2 heterocycles. The monoisotopic (exact) mass is 523 g/mol. The number of carbonyl (C=O) groups excluding carboxylic acids is 3. The highest BCUT2D eigenvalue weighted by molar-refractivity contribution is 6.34. The van der Waals surface area contributed by atoms with Crippen molar-refractivity contribution in [3.8, 4) is 0 Å². The van der Waals surface area contributed by atoms with E-state index in [4.69, 9.17) is 16.3 Å². The lowest BCUT2D eigenvalue weighted by atomic mass is 10.0. The number of amides is 2. The topological polar surface area (TPSA) is 116 Å². The maximum atomic E-state index is 12.8. The second-order valence-corrected chi connectivity index (χ2v) is 9.54. The van der Waals surface area contributed by atoms with Crippen LogP contribution in [-0.4, -0.2) is 70.9 Å². The highest BCUT2D eigenvalue weighted by atomic mass is 35.5. The Kier molecular flexibility index (Phi) is 8.70. The zero-order valence-electron chi connectivity index (χ0n) is 20.8. The van der Waals surface area contributed by atoms with Gasteiger partial charge in [0.1, 0.15) is 5.69 Å². The van der Waals surface area contributed by atoms with Crippen LogP contribution in [0, 0.1) is 0 Å². The van der Waals surface area contributed by atoms with E-state index in [0.29, 0.717) is 29.4 Å². The van der Waals surface area contributed by atoms with E-state index < -0.39 is 11.8 Å². The number of morpholine rings is 1. The number of anilines is 1. The number of aromatic amines is 1. The number of nitrogens with zero attached hydrogens (tertiary/aromatic N) is 2. The minimum atomic E-state index is -0.512. The van der Waals surface area contributed by atoms with Crippen molar-refractivity contribution in [1.82, 2.24) is 20.2 Å². The minimum Gasteiger partial charge on any atom is -0.373 e. The van der Waals surface area contributed by atoms with Gasteiger partial charge in [0.25, 0.3) is 11.8 Å². The molecule has 1 aliphatic heterocycles. The molecule has 194 valence electrons. The summed E-state index contributed by atoms with van der Waals surface area (Å²) in [4.78, 5) is 47.1. The van der Waals surface area contributed by atoms with Gasteiger partial charge < -0.3 is 20.4 Å². The highest BCUT2D eigenvalue weighted by Crippen LogP contribution is 2.19. The van der Waals surface area contributed by atoms with Crippen LogP contribution in [0.4, 0.5) is 5.69 Å². The summed E-state index contributed by atoms with van der Waals surface area (Å²) in [5, 5.41) is 6.02. The van der Waals surface area contributed by atoms with Gasteiger partial charge in [0.05, 0.1) is 23.6 Å². The van der Waals surface area contributed by atoms with Gasteiger partial charge in [0.15, 0.2) is 11.5 Å². The Hall–Kier alpha value is -3.53. The second-order valence-electron chi connectivity index (χ2n) is 9.13. The average Bonchev–Trinajstić information content (AvgIpc) is 3.35. The van der Waals surface area contributed by atoms with E-state index >= 15 is 0 Å².